The van der Waals surface area contributed by atoms with Gasteiger partial charge in [-0.3, -0.25) is 4.79 Å². The summed E-state index contributed by atoms with van der Waals surface area (Å²) in [5.74, 6) is 0.440. The summed E-state index contributed by atoms with van der Waals surface area (Å²) in [4.78, 5) is 26.3. The van der Waals surface area contributed by atoms with Crippen LogP contribution in [0.2, 0.25) is 0 Å². The maximum atomic E-state index is 12.4. The highest BCUT2D eigenvalue weighted by Gasteiger charge is 2.23. The van der Waals surface area contributed by atoms with Crippen LogP contribution < -0.4 is 10.6 Å². The summed E-state index contributed by atoms with van der Waals surface area (Å²) in [7, 11) is 0. The smallest absolute Gasteiger partial charge is 0.315 e. The number of ether oxygens (including phenoxy) is 1. The second-order valence-electron chi connectivity index (χ2n) is 10.5. The van der Waals surface area contributed by atoms with Gasteiger partial charge >= 0.3 is 6.03 Å². The number of morpholine rings is 1. The summed E-state index contributed by atoms with van der Waals surface area (Å²) in [6, 6.07) is 13.5. The van der Waals surface area contributed by atoms with E-state index in [4.69, 9.17) is 4.74 Å². The van der Waals surface area contributed by atoms with E-state index in [0.717, 1.165) is 41.5 Å². The quantitative estimate of drug-likeness (QED) is 0.406. The van der Waals surface area contributed by atoms with Crippen molar-refractivity contribution in [1.29, 1.82) is 0 Å². The molecule has 1 saturated heterocycles. The first-order chi connectivity index (χ1) is 17.2. The topological polar surface area (TPSA) is 90.9 Å². The van der Waals surface area contributed by atoms with Gasteiger partial charge in [-0.1, -0.05) is 56.7 Å². The predicted octanol–water partition coefficient (Wildman–Crippen LogP) is 4.96. The normalized spacial score (nSPS) is 14.1. The van der Waals surface area contributed by atoms with Crippen molar-refractivity contribution in [3.05, 3.63) is 53.6 Å². The molecule has 1 heterocycles. The highest BCUT2D eigenvalue weighted by molar-refractivity contribution is 5.77. The van der Waals surface area contributed by atoms with Gasteiger partial charge in [-0.2, -0.15) is 0 Å². The Labute approximate surface area is 215 Å². The molecule has 0 bridgehead atoms. The number of amides is 3. The lowest BCUT2D eigenvalue weighted by molar-refractivity contribution is -0.135. The van der Waals surface area contributed by atoms with Gasteiger partial charge in [0, 0.05) is 37.7 Å². The molecule has 7 nitrogen and oxygen atoms in total. The van der Waals surface area contributed by atoms with Crippen molar-refractivity contribution in [2.24, 2.45) is 0 Å². The van der Waals surface area contributed by atoms with Crippen molar-refractivity contribution in [1.82, 2.24) is 15.5 Å². The molecule has 2 aromatic carbocycles. The number of unbranched alkanes of at least 4 members (excludes halogenated alkanes) is 1. The predicted molar refractivity (Wildman–Crippen MR) is 143 cm³/mol. The fourth-order valence-electron chi connectivity index (χ4n) is 4.56. The van der Waals surface area contributed by atoms with Gasteiger partial charge in [-0.05, 0) is 54.9 Å². The van der Waals surface area contributed by atoms with Crippen molar-refractivity contribution in [2.45, 2.75) is 71.4 Å². The van der Waals surface area contributed by atoms with Gasteiger partial charge in [-0.15, -0.1) is 0 Å². The van der Waals surface area contributed by atoms with E-state index in [-0.39, 0.29) is 29.1 Å². The van der Waals surface area contributed by atoms with Crippen LogP contribution in [0.15, 0.2) is 42.5 Å². The molecule has 0 aliphatic carbocycles. The first-order valence-corrected chi connectivity index (χ1v) is 13.0. The largest absolute Gasteiger partial charge is 0.507 e. The first kappa shape index (κ1) is 27.5. The second kappa shape index (κ2) is 12.8. The summed E-state index contributed by atoms with van der Waals surface area (Å²) >= 11 is 0. The Balaban J connectivity index is 1.60. The van der Waals surface area contributed by atoms with Gasteiger partial charge in [0.1, 0.15) is 5.75 Å². The molecule has 196 valence electrons. The monoisotopic (exact) mass is 495 g/mol. The van der Waals surface area contributed by atoms with E-state index in [1.807, 2.05) is 55.1 Å². The fraction of sp³-hybridized carbons (Fsp3) is 0.517. The molecule has 0 radical (unpaired) electrons. The van der Waals surface area contributed by atoms with Gasteiger partial charge in [0.05, 0.1) is 13.2 Å². The molecule has 0 saturated carbocycles. The third kappa shape index (κ3) is 7.72. The number of rotatable bonds is 10. The summed E-state index contributed by atoms with van der Waals surface area (Å²) < 4.78 is 5.32. The lowest BCUT2D eigenvalue weighted by Gasteiger charge is -2.28. The second-order valence-corrected chi connectivity index (χ2v) is 10.5. The molecule has 1 fully saturated rings. The number of phenols is 1. The number of carbonyl (C=O) groups is 2. The molecule has 3 rings (SSSR count). The number of phenolic OH excluding ortho intramolecular Hbond substituents is 1. The third-order valence-corrected chi connectivity index (χ3v) is 6.75. The van der Waals surface area contributed by atoms with Crippen molar-refractivity contribution in [3.8, 4) is 16.9 Å². The zero-order valence-corrected chi connectivity index (χ0v) is 22.1. The minimum atomic E-state index is -0.215. The number of carbonyl (C=O) groups excluding carboxylic acids is 2. The minimum Gasteiger partial charge on any atom is -0.507 e. The number of nitrogens with one attached hydrogen (secondary N) is 2. The Morgan fingerprint density at radius 2 is 1.78 bits per heavy atom. The molecule has 3 amide bonds. The lowest BCUT2D eigenvalue weighted by Crippen LogP contribution is -2.40. The number of aromatic hydroxyl groups is 1. The van der Waals surface area contributed by atoms with E-state index in [0.29, 0.717) is 39.3 Å². The number of hydrogen-bond donors (Lipinski definition) is 3. The summed E-state index contributed by atoms with van der Waals surface area (Å²) in [6.45, 7) is 11.2. The summed E-state index contributed by atoms with van der Waals surface area (Å²) in [5, 5.41) is 16.7. The Morgan fingerprint density at radius 1 is 1.06 bits per heavy atom. The van der Waals surface area contributed by atoms with Crippen LogP contribution in [0, 0.1) is 0 Å². The van der Waals surface area contributed by atoms with Crippen LogP contribution in [0.4, 0.5) is 4.79 Å². The number of nitrogens with zero attached hydrogens (tertiary/aromatic N) is 1. The first-order valence-electron chi connectivity index (χ1n) is 13.0. The van der Waals surface area contributed by atoms with Gasteiger partial charge in [-0.25, -0.2) is 4.79 Å². The Hall–Kier alpha value is -3.06. The lowest BCUT2D eigenvalue weighted by atomic mass is 9.79. The zero-order valence-electron chi connectivity index (χ0n) is 22.1. The average molecular weight is 496 g/mol. The van der Waals surface area contributed by atoms with Crippen molar-refractivity contribution >= 4 is 11.9 Å². The van der Waals surface area contributed by atoms with Crippen LogP contribution in [0.25, 0.3) is 11.1 Å². The standard InChI is InChI=1S/C29H41N3O4/c1-21(2)31-28(35)30-20-22-9-5-6-10-24(22)25-13-12-23(19-26(25)33)29(3,4)14-8-7-11-27(34)32-15-17-36-18-16-32/h5-6,9-10,12-13,19,21,33H,7-8,11,14-18,20H2,1-4H3,(H2,30,31,35). The molecule has 3 N–H and O–H groups in total. The molecule has 7 heteroatoms. The molecule has 36 heavy (non-hydrogen) atoms. The van der Waals surface area contributed by atoms with Crippen molar-refractivity contribution in [3.63, 3.8) is 0 Å². The van der Waals surface area contributed by atoms with Crippen LogP contribution in [0.1, 0.15) is 64.5 Å². The molecule has 0 spiro atoms. The number of benzene rings is 2. The van der Waals surface area contributed by atoms with E-state index in [1.165, 1.54) is 0 Å². The summed E-state index contributed by atoms with van der Waals surface area (Å²) in [6.07, 6.45) is 3.29. The third-order valence-electron chi connectivity index (χ3n) is 6.75. The van der Waals surface area contributed by atoms with Gasteiger partial charge in [0.2, 0.25) is 5.91 Å². The number of hydrogen-bond acceptors (Lipinski definition) is 4. The maximum absolute atomic E-state index is 12.4. The summed E-state index contributed by atoms with van der Waals surface area (Å²) in [5.41, 5.74) is 3.51. The SMILES string of the molecule is CC(C)NC(=O)NCc1ccccc1-c1ccc(C(C)(C)CCCCC(=O)N2CCOCC2)cc1O. The van der Waals surface area contributed by atoms with Gasteiger partial charge < -0.3 is 25.4 Å². The highest BCUT2D eigenvalue weighted by atomic mass is 16.5. The van der Waals surface area contributed by atoms with Gasteiger partial charge in [0.25, 0.3) is 0 Å². The van der Waals surface area contributed by atoms with Crippen LogP contribution in [0.5, 0.6) is 5.75 Å². The molecule has 0 atom stereocenters. The highest BCUT2D eigenvalue weighted by Crippen LogP contribution is 2.37. The Morgan fingerprint density at radius 3 is 2.47 bits per heavy atom. The van der Waals surface area contributed by atoms with Crippen molar-refractivity contribution < 1.29 is 19.4 Å². The Kier molecular flexibility index (Phi) is 9.76. The number of urea groups is 1. The van der Waals surface area contributed by atoms with Crippen LogP contribution >= 0.6 is 0 Å². The Bertz CT molecular complexity index is 1030. The molecule has 1 aliphatic rings. The van der Waals surface area contributed by atoms with Crippen LogP contribution in [-0.2, 0) is 21.5 Å². The van der Waals surface area contributed by atoms with Gasteiger partial charge in [0.15, 0.2) is 0 Å². The van der Waals surface area contributed by atoms with Crippen LogP contribution in [-0.4, -0.2) is 54.3 Å². The molecule has 0 aromatic heterocycles. The fourth-order valence-corrected chi connectivity index (χ4v) is 4.56. The van der Waals surface area contributed by atoms with E-state index < -0.39 is 0 Å². The average Bonchev–Trinajstić information content (AvgIpc) is 2.85. The van der Waals surface area contributed by atoms with Crippen molar-refractivity contribution in [2.75, 3.05) is 26.3 Å². The van der Waals surface area contributed by atoms with E-state index in [1.54, 1.807) is 0 Å². The maximum Gasteiger partial charge on any atom is 0.315 e. The molecular weight excluding hydrogens is 454 g/mol. The molecule has 2 aromatic rings. The van der Waals surface area contributed by atoms with E-state index in [9.17, 15) is 14.7 Å². The van der Waals surface area contributed by atoms with E-state index >= 15 is 0 Å². The molecule has 1 aliphatic heterocycles. The minimum absolute atomic E-state index is 0.0606. The zero-order chi connectivity index (χ0) is 26.1. The molecule has 0 unspecified atom stereocenters. The van der Waals surface area contributed by atoms with E-state index in [2.05, 4.69) is 30.5 Å². The van der Waals surface area contributed by atoms with Crippen LogP contribution in [0.3, 0.4) is 0 Å². The molecular formula is C29H41N3O4.